The number of hydrogen-bond donors (Lipinski definition) is 1. The Kier molecular flexibility index (Phi) is 6.00. The number of pyridine rings is 1. The van der Waals surface area contributed by atoms with Crippen molar-refractivity contribution >= 4 is 11.8 Å². The van der Waals surface area contributed by atoms with Crippen molar-refractivity contribution in [3.8, 4) is 0 Å². The van der Waals surface area contributed by atoms with Crippen LogP contribution in [0.2, 0.25) is 0 Å². The normalized spacial score (nSPS) is 14.9. The number of nitrogens with one attached hydrogen (secondary N) is 1. The fraction of sp³-hybridized carbons (Fsp3) is 0.381. The van der Waals surface area contributed by atoms with Crippen molar-refractivity contribution < 1.29 is 9.59 Å². The lowest BCUT2D eigenvalue weighted by molar-refractivity contribution is -0.135. The highest BCUT2D eigenvalue weighted by Gasteiger charge is 2.27. The molecule has 0 unspecified atom stereocenters. The highest BCUT2D eigenvalue weighted by atomic mass is 16.2. The molecule has 2 heterocycles. The van der Waals surface area contributed by atoms with E-state index in [-0.39, 0.29) is 17.7 Å². The predicted octanol–water partition coefficient (Wildman–Crippen LogP) is 2.49. The molecule has 5 heteroatoms. The molecule has 1 aliphatic rings. The first-order valence-corrected chi connectivity index (χ1v) is 9.13. The first-order chi connectivity index (χ1) is 12.6. The zero-order chi connectivity index (χ0) is 18.4. The molecule has 1 fully saturated rings. The van der Waals surface area contributed by atoms with Crippen LogP contribution in [0.3, 0.4) is 0 Å². The number of rotatable bonds is 5. The Labute approximate surface area is 154 Å². The van der Waals surface area contributed by atoms with Gasteiger partial charge in [0.15, 0.2) is 0 Å². The Morgan fingerprint density at radius 1 is 1.15 bits per heavy atom. The molecule has 0 spiro atoms. The summed E-state index contributed by atoms with van der Waals surface area (Å²) in [6.07, 6.45) is 3.58. The molecule has 0 saturated carbocycles. The minimum atomic E-state index is -0.0262. The van der Waals surface area contributed by atoms with Gasteiger partial charge in [-0.15, -0.1) is 0 Å². The molecule has 5 nitrogen and oxygen atoms in total. The molecule has 0 aliphatic carbocycles. The van der Waals surface area contributed by atoms with Crippen molar-refractivity contribution in [1.29, 1.82) is 0 Å². The number of carbonyl (C=O) groups is 2. The van der Waals surface area contributed by atoms with Crippen LogP contribution in [0.5, 0.6) is 0 Å². The van der Waals surface area contributed by atoms with Gasteiger partial charge in [0, 0.05) is 25.2 Å². The number of benzene rings is 1. The van der Waals surface area contributed by atoms with Crippen LogP contribution in [-0.4, -0.2) is 34.8 Å². The third kappa shape index (κ3) is 4.91. The smallest absolute Gasteiger partial charge is 0.226 e. The molecule has 1 aliphatic heterocycles. The molecular formula is C21H25N3O2. The molecule has 26 heavy (non-hydrogen) atoms. The molecule has 0 bridgehead atoms. The van der Waals surface area contributed by atoms with Crippen LogP contribution in [0.1, 0.15) is 29.7 Å². The van der Waals surface area contributed by atoms with E-state index in [0.29, 0.717) is 38.9 Å². The topological polar surface area (TPSA) is 62.3 Å². The van der Waals surface area contributed by atoms with E-state index >= 15 is 0 Å². The minimum Gasteiger partial charge on any atom is -0.350 e. The highest BCUT2D eigenvalue weighted by Crippen LogP contribution is 2.18. The van der Waals surface area contributed by atoms with Crippen LogP contribution in [-0.2, 0) is 22.6 Å². The Morgan fingerprint density at radius 3 is 2.65 bits per heavy atom. The fourth-order valence-corrected chi connectivity index (χ4v) is 3.32. The zero-order valence-electron chi connectivity index (χ0n) is 15.1. The second kappa shape index (κ2) is 8.61. The summed E-state index contributed by atoms with van der Waals surface area (Å²) in [5, 5.41) is 2.95. The van der Waals surface area contributed by atoms with E-state index in [4.69, 9.17) is 0 Å². The number of hydrogen-bond acceptors (Lipinski definition) is 3. The summed E-state index contributed by atoms with van der Waals surface area (Å²) in [5.41, 5.74) is 3.07. The molecule has 2 aromatic rings. The van der Waals surface area contributed by atoms with Crippen molar-refractivity contribution in [3.05, 3.63) is 65.5 Å². The third-order valence-electron chi connectivity index (χ3n) is 4.83. The SMILES string of the molecule is Cc1cccc(CC(=O)N2CCC(C(=O)NCc3ccccn3)CC2)c1. The van der Waals surface area contributed by atoms with E-state index in [2.05, 4.69) is 16.4 Å². The van der Waals surface area contributed by atoms with Gasteiger partial charge in [0.05, 0.1) is 18.7 Å². The van der Waals surface area contributed by atoms with Crippen LogP contribution in [0.15, 0.2) is 48.7 Å². The average Bonchev–Trinajstić information content (AvgIpc) is 2.67. The van der Waals surface area contributed by atoms with Crippen molar-refractivity contribution in [2.24, 2.45) is 5.92 Å². The van der Waals surface area contributed by atoms with Crippen molar-refractivity contribution in [1.82, 2.24) is 15.2 Å². The molecular weight excluding hydrogens is 326 g/mol. The Hall–Kier alpha value is -2.69. The number of carbonyl (C=O) groups excluding carboxylic acids is 2. The zero-order valence-corrected chi connectivity index (χ0v) is 15.1. The van der Waals surface area contributed by atoms with Gasteiger partial charge >= 0.3 is 0 Å². The molecule has 3 rings (SSSR count). The van der Waals surface area contributed by atoms with Gasteiger partial charge in [-0.2, -0.15) is 0 Å². The first kappa shape index (κ1) is 18.1. The number of nitrogens with zero attached hydrogens (tertiary/aromatic N) is 2. The van der Waals surface area contributed by atoms with E-state index in [9.17, 15) is 9.59 Å². The van der Waals surface area contributed by atoms with Gasteiger partial charge in [-0.05, 0) is 37.5 Å². The molecule has 2 amide bonds. The Bertz CT molecular complexity index is 753. The van der Waals surface area contributed by atoms with E-state index in [1.54, 1.807) is 6.20 Å². The van der Waals surface area contributed by atoms with Crippen LogP contribution in [0.25, 0.3) is 0 Å². The van der Waals surface area contributed by atoms with Gasteiger partial charge in [-0.3, -0.25) is 14.6 Å². The average molecular weight is 351 g/mol. The number of piperidine rings is 1. The van der Waals surface area contributed by atoms with Gasteiger partial charge in [0.1, 0.15) is 0 Å². The highest BCUT2D eigenvalue weighted by molar-refractivity contribution is 5.81. The molecule has 0 atom stereocenters. The second-order valence-corrected chi connectivity index (χ2v) is 6.86. The quantitative estimate of drug-likeness (QED) is 0.900. The van der Waals surface area contributed by atoms with E-state index < -0.39 is 0 Å². The van der Waals surface area contributed by atoms with E-state index in [1.165, 1.54) is 5.56 Å². The maximum atomic E-state index is 12.5. The number of aryl methyl sites for hydroxylation is 1. The summed E-state index contributed by atoms with van der Waals surface area (Å²) in [6.45, 7) is 3.77. The molecule has 1 N–H and O–H groups in total. The second-order valence-electron chi connectivity index (χ2n) is 6.86. The van der Waals surface area contributed by atoms with Gasteiger partial charge < -0.3 is 10.2 Å². The van der Waals surface area contributed by atoms with Crippen LogP contribution in [0.4, 0.5) is 0 Å². The number of amides is 2. The van der Waals surface area contributed by atoms with Crippen molar-refractivity contribution in [2.45, 2.75) is 32.7 Å². The van der Waals surface area contributed by atoms with Crippen molar-refractivity contribution in [3.63, 3.8) is 0 Å². The minimum absolute atomic E-state index is 0.0262. The molecule has 1 aromatic heterocycles. The summed E-state index contributed by atoms with van der Waals surface area (Å²) in [6, 6.07) is 13.7. The summed E-state index contributed by atoms with van der Waals surface area (Å²) in [4.78, 5) is 30.9. The standard InChI is InChI=1S/C21H25N3O2/c1-16-5-4-6-17(13-16)14-20(25)24-11-8-18(9-12-24)21(26)23-15-19-7-2-3-10-22-19/h2-7,10,13,18H,8-9,11-12,14-15H2,1H3,(H,23,26). The molecule has 1 saturated heterocycles. The summed E-state index contributed by atoms with van der Waals surface area (Å²) >= 11 is 0. The lowest BCUT2D eigenvalue weighted by Gasteiger charge is -2.31. The monoisotopic (exact) mass is 351 g/mol. The van der Waals surface area contributed by atoms with E-state index in [0.717, 1.165) is 11.3 Å². The summed E-state index contributed by atoms with van der Waals surface area (Å²) in [7, 11) is 0. The maximum absolute atomic E-state index is 12.5. The Morgan fingerprint density at radius 2 is 1.96 bits per heavy atom. The van der Waals surface area contributed by atoms with Crippen LogP contribution in [0, 0.1) is 12.8 Å². The van der Waals surface area contributed by atoms with Crippen LogP contribution >= 0.6 is 0 Å². The molecule has 136 valence electrons. The van der Waals surface area contributed by atoms with E-state index in [1.807, 2.05) is 48.2 Å². The first-order valence-electron chi connectivity index (χ1n) is 9.13. The fourth-order valence-electron chi connectivity index (χ4n) is 3.32. The summed E-state index contributed by atoms with van der Waals surface area (Å²) < 4.78 is 0. The predicted molar refractivity (Wildman–Crippen MR) is 100 cm³/mol. The maximum Gasteiger partial charge on any atom is 0.226 e. The van der Waals surface area contributed by atoms with Gasteiger partial charge in [-0.25, -0.2) is 0 Å². The molecule has 0 radical (unpaired) electrons. The van der Waals surface area contributed by atoms with Gasteiger partial charge in [0.25, 0.3) is 0 Å². The lowest BCUT2D eigenvalue weighted by Crippen LogP contribution is -2.43. The van der Waals surface area contributed by atoms with Crippen molar-refractivity contribution in [2.75, 3.05) is 13.1 Å². The summed E-state index contributed by atoms with van der Waals surface area (Å²) in [5.74, 6) is 0.172. The largest absolute Gasteiger partial charge is 0.350 e. The number of likely N-dealkylation sites (tertiary alicyclic amines) is 1. The van der Waals surface area contributed by atoms with Crippen LogP contribution < -0.4 is 5.32 Å². The van der Waals surface area contributed by atoms with Gasteiger partial charge in [0.2, 0.25) is 11.8 Å². The lowest BCUT2D eigenvalue weighted by atomic mass is 9.95. The molecule has 1 aromatic carbocycles. The Balaban J connectivity index is 1.44. The van der Waals surface area contributed by atoms with Gasteiger partial charge in [-0.1, -0.05) is 35.9 Å². The number of aromatic nitrogens is 1. The third-order valence-corrected chi connectivity index (χ3v) is 4.83.